The monoisotopic (exact) mass is 344 g/mol. The molecule has 26 heavy (non-hydrogen) atoms. The SMILES string of the molecule is c1ccc(-c2cc(CNCCCc3ccccn3)c3nnnn3c2)cc1. The van der Waals surface area contributed by atoms with Crippen molar-refractivity contribution >= 4 is 5.65 Å². The molecule has 0 radical (unpaired) electrons. The lowest BCUT2D eigenvalue weighted by molar-refractivity contribution is 0.645. The highest BCUT2D eigenvalue weighted by Crippen LogP contribution is 2.21. The highest BCUT2D eigenvalue weighted by atomic mass is 15.5. The zero-order valence-corrected chi connectivity index (χ0v) is 14.4. The van der Waals surface area contributed by atoms with Gasteiger partial charge in [-0.3, -0.25) is 4.98 Å². The minimum Gasteiger partial charge on any atom is -0.313 e. The van der Waals surface area contributed by atoms with Gasteiger partial charge in [-0.15, -0.1) is 5.10 Å². The molecule has 0 spiro atoms. The van der Waals surface area contributed by atoms with Crippen LogP contribution >= 0.6 is 0 Å². The second-order valence-electron chi connectivity index (χ2n) is 6.17. The van der Waals surface area contributed by atoms with Crippen molar-refractivity contribution < 1.29 is 0 Å². The predicted octanol–water partition coefficient (Wildman–Crippen LogP) is 2.91. The Hall–Kier alpha value is -3.12. The van der Waals surface area contributed by atoms with E-state index in [9.17, 15) is 0 Å². The Kier molecular flexibility index (Phi) is 4.93. The first-order valence-electron chi connectivity index (χ1n) is 8.77. The van der Waals surface area contributed by atoms with Gasteiger partial charge in [0.05, 0.1) is 0 Å². The van der Waals surface area contributed by atoms with Gasteiger partial charge in [0, 0.05) is 35.8 Å². The van der Waals surface area contributed by atoms with Crippen molar-refractivity contribution in [3.05, 3.63) is 78.2 Å². The van der Waals surface area contributed by atoms with E-state index in [0.29, 0.717) is 0 Å². The quantitative estimate of drug-likeness (QED) is 0.522. The Balaban J connectivity index is 1.43. The molecule has 0 aliphatic heterocycles. The van der Waals surface area contributed by atoms with Crippen LogP contribution < -0.4 is 5.32 Å². The number of rotatable bonds is 7. The van der Waals surface area contributed by atoms with Crippen molar-refractivity contribution in [3.63, 3.8) is 0 Å². The standard InChI is InChI=1S/C20H20N6/c1-2-7-16(8-3-1)18-13-17(20-23-24-25-26(20)15-18)14-21-11-6-10-19-9-4-5-12-22-19/h1-5,7-9,12-13,15,21H,6,10-11,14H2. The summed E-state index contributed by atoms with van der Waals surface area (Å²) < 4.78 is 1.74. The predicted molar refractivity (Wildman–Crippen MR) is 100 cm³/mol. The Morgan fingerprint density at radius 3 is 2.69 bits per heavy atom. The van der Waals surface area contributed by atoms with Crippen molar-refractivity contribution in [2.45, 2.75) is 19.4 Å². The highest BCUT2D eigenvalue weighted by molar-refractivity contribution is 5.66. The van der Waals surface area contributed by atoms with Crippen molar-refractivity contribution in [1.82, 2.24) is 30.3 Å². The molecule has 0 saturated carbocycles. The van der Waals surface area contributed by atoms with Crippen molar-refractivity contribution in [2.75, 3.05) is 6.54 Å². The van der Waals surface area contributed by atoms with Gasteiger partial charge in [-0.05, 0) is 53.6 Å². The lowest BCUT2D eigenvalue weighted by Crippen LogP contribution is -2.16. The van der Waals surface area contributed by atoms with Crippen LogP contribution in [-0.2, 0) is 13.0 Å². The molecule has 3 heterocycles. The van der Waals surface area contributed by atoms with E-state index in [1.807, 2.05) is 42.7 Å². The molecule has 0 saturated heterocycles. The summed E-state index contributed by atoms with van der Waals surface area (Å²) in [6.07, 6.45) is 5.82. The van der Waals surface area contributed by atoms with Gasteiger partial charge in [-0.1, -0.05) is 36.4 Å². The first-order valence-corrected chi connectivity index (χ1v) is 8.77. The van der Waals surface area contributed by atoms with E-state index >= 15 is 0 Å². The number of tetrazole rings is 1. The molecule has 0 fully saturated rings. The normalized spacial score (nSPS) is 11.1. The zero-order valence-electron chi connectivity index (χ0n) is 14.4. The maximum absolute atomic E-state index is 4.36. The van der Waals surface area contributed by atoms with E-state index < -0.39 is 0 Å². The molecule has 0 bridgehead atoms. The molecule has 0 unspecified atom stereocenters. The highest BCUT2D eigenvalue weighted by Gasteiger charge is 2.08. The molecule has 6 nitrogen and oxygen atoms in total. The van der Waals surface area contributed by atoms with E-state index in [-0.39, 0.29) is 0 Å². The molecule has 1 N–H and O–H groups in total. The van der Waals surface area contributed by atoms with Crippen molar-refractivity contribution in [3.8, 4) is 11.1 Å². The maximum atomic E-state index is 4.36. The average molecular weight is 344 g/mol. The third kappa shape index (κ3) is 3.75. The molecule has 0 amide bonds. The molecule has 4 aromatic rings. The first-order chi connectivity index (χ1) is 12.9. The summed E-state index contributed by atoms with van der Waals surface area (Å²) in [6, 6.07) is 18.5. The molecule has 0 atom stereocenters. The second kappa shape index (κ2) is 7.84. The van der Waals surface area contributed by atoms with Crippen LogP contribution in [0.3, 0.4) is 0 Å². The third-order valence-corrected chi connectivity index (χ3v) is 4.31. The maximum Gasteiger partial charge on any atom is 0.183 e. The lowest BCUT2D eigenvalue weighted by atomic mass is 10.1. The average Bonchev–Trinajstić information content (AvgIpc) is 3.18. The van der Waals surface area contributed by atoms with Gasteiger partial charge in [0.2, 0.25) is 0 Å². The van der Waals surface area contributed by atoms with Crippen molar-refractivity contribution in [1.29, 1.82) is 0 Å². The zero-order chi connectivity index (χ0) is 17.6. The van der Waals surface area contributed by atoms with E-state index in [1.165, 1.54) is 0 Å². The van der Waals surface area contributed by atoms with Gasteiger partial charge in [-0.25, -0.2) is 0 Å². The summed E-state index contributed by atoms with van der Waals surface area (Å²) in [5.74, 6) is 0. The summed E-state index contributed by atoms with van der Waals surface area (Å²) >= 11 is 0. The largest absolute Gasteiger partial charge is 0.313 e. The molecular weight excluding hydrogens is 324 g/mol. The minimum atomic E-state index is 0.729. The van der Waals surface area contributed by atoms with Crippen LogP contribution in [0.1, 0.15) is 17.7 Å². The molecule has 3 aromatic heterocycles. The Morgan fingerprint density at radius 2 is 1.85 bits per heavy atom. The minimum absolute atomic E-state index is 0.729. The number of hydrogen-bond donors (Lipinski definition) is 1. The van der Waals surface area contributed by atoms with Crippen LogP contribution in [0.2, 0.25) is 0 Å². The number of aryl methyl sites for hydroxylation is 1. The van der Waals surface area contributed by atoms with Crippen molar-refractivity contribution in [2.24, 2.45) is 0 Å². The number of aromatic nitrogens is 5. The van der Waals surface area contributed by atoms with Gasteiger partial charge in [0.1, 0.15) is 0 Å². The van der Waals surface area contributed by atoms with Gasteiger partial charge in [0.15, 0.2) is 5.65 Å². The fourth-order valence-electron chi connectivity index (χ4n) is 3.00. The molecule has 130 valence electrons. The molecule has 6 heteroatoms. The summed E-state index contributed by atoms with van der Waals surface area (Å²) in [5.41, 5.74) is 5.28. The van der Waals surface area contributed by atoms with Crippen LogP contribution in [0.4, 0.5) is 0 Å². The van der Waals surface area contributed by atoms with Gasteiger partial charge >= 0.3 is 0 Å². The summed E-state index contributed by atoms with van der Waals surface area (Å²) in [4.78, 5) is 4.36. The van der Waals surface area contributed by atoms with E-state index in [2.05, 4.69) is 50.1 Å². The smallest absolute Gasteiger partial charge is 0.183 e. The van der Waals surface area contributed by atoms with Gasteiger partial charge in [-0.2, -0.15) is 4.52 Å². The van der Waals surface area contributed by atoms with Crippen LogP contribution in [-0.4, -0.2) is 31.6 Å². The number of benzene rings is 1. The number of pyridine rings is 2. The van der Waals surface area contributed by atoms with Crippen LogP contribution in [0, 0.1) is 0 Å². The Labute approximate surface area is 151 Å². The molecule has 0 aliphatic carbocycles. The summed E-state index contributed by atoms with van der Waals surface area (Å²) in [7, 11) is 0. The fourth-order valence-corrected chi connectivity index (χ4v) is 3.00. The third-order valence-electron chi connectivity index (χ3n) is 4.31. The molecule has 0 aliphatic rings. The molecular formula is C20H20N6. The first kappa shape index (κ1) is 16.4. The van der Waals surface area contributed by atoms with Crippen LogP contribution in [0.5, 0.6) is 0 Å². The second-order valence-corrected chi connectivity index (χ2v) is 6.17. The van der Waals surface area contributed by atoms with Gasteiger partial charge < -0.3 is 5.32 Å². The van der Waals surface area contributed by atoms with E-state index in [4.69, 9.17) is 0 Å². The topological polar surface area (TPSA) is 68.0 Å². The van der Waals surface area contributed by atoms with Crippen LogP contribution in [0.25, 0.3) is 16.8 Å². The number of nitrogens with zero attached hydrogens (tertiary/aromatic N) is 5. The van der Waals surface area contributed by atoms with E-state index in [0.717, 1.165) is 54.0 Å². The number of hydrogen-bond acceptors (Lipinski definition) is 5. The number of fused-ring (bicyclic) bond motifs is 1. The van der Waals surface area contributed by atoms with E-state index in [1.54, 1.807) is 4.52 Å². The Bertz CT molecular complexity index is 965. The fraction of sp³-hybridized carbons (Fsp3) is 0.200. The number of nitrogens with one attached hydrogen (secondary N) is 1. The summed E-state index contributed by atoms with van der Waals surface area (Å²) in [6.45, 7) is 1.65. The summed E-state index contributed by atoms with van der Waals surface area (Å²) in [5, 5.41) is 15.5. The van der Waals surface area contributed by atoms with Crippen LogP contribution in [0.15, 0.2) is 67.0 Å². The molecule has 4 rings (SSSR count). The molecule has 1 aromatic carbocycles. The van der Waals surface area contributed by atoms with Gasteiger partial charge in [0.25, 0.3) is 0 Å². The lowest BCUT2D eigenvalue weighted by Gasteiger charge is -2.09. The Morgan fingerprint density at radius 1 is 0.962 bits per heavy atom.